The van der Waals surface area contributed by atoms with Gasteiger partial charge in [0.25, 0.3) is 0 Å². The number of nitrogens with one attached hydrogen (secondary N) is 1. The van der Waals surface area contributed by atoms with Crippen molar-refractivity contribution in [2.75, 3.05) is 0 Å². The predicted octanol–water partition coefficient (Wildman–Crippen LogP) is 12.4. The van der Waals surface area contributed by atoms with Crippen LogP contribution < -0.4 is 0 Å². The largest absolute Gasteiger partial charge is 0.354 e. The summed E-state index contributed by atoms with van der Waals surface area (Å²) in [5, 5.41) is 0. The molecule has 5 nitrogen and oxygen atoms in total. The van der Waals surface area contributed by atoms with Crippen molar-refractivity contribution < 1.29 is 4.79 Å². The Balaban J connectivity index is 1.46. The summed E-state index contributed by atoms with van der Waals surface area (Å²) in [7, 11) is 0. The van der Waals surface area contributed by atoms with E-state index in [1.165, 1.54) is 16.7 Å². The number of carbonyl (C=O) groups is 1. The third kappa shape index (κ3) is 6.51. The number of benzene rings is 4. The molecule has 294 valence electrons. The molecule has 4 aromatic carbocycles. The minimum Gasteiger partial charge on any atom is -0.354 e. The van der Waals surface area contributed by atoms with Crippen LogP contribution in [0.4, 0.5) is 0 Å². The quantitative estimate of drug-likeness (QED) is 0.135. The zero-order valence-corrected chi connectivity index (χ0v) is 35.5. The Bertz CT molecular complexity index is 2930. The molecule has 8 bridgehead atoms. The first-order chi connectivity index (χ1) is 29.0. The zero-order valence-electron chi connectivity index (χ0n) is 35.5. The molecule has 0 fully saturated rings. The first kappa shape index (κ1) is 38.5. The number of rotatable bonds is 6. The van der Waals surface area contributed by atoms with Gasteiger partial charge in [0.15, 0.2) is 0 Å². The van der Waals surface area contributed by atoms with Gasteiger partial charge in [0, 0.05) is 33.7 Å². The molecule has 1 unspecified atom stereocenters. The van der Waals surface area contributed by atoms with Gasteiger partial charge in [-0.05, 0) is 177 Å². The van der Waals surface area contributed by atoms with E-state index >= 15 is 0 Å². The van der Waals surface area contributed by atoms with E-state index in [-0.39, 0.29) is 5.92 Å². The van der Waals surface area contributed by atoms with Crippen LogP contribution in [0.25, 0.3) is 16.7 Å². The van der Waals surface area contributed by atoms with Crippen LogP contribution >= 0.6 is 0 Å². The number of aldehydes is 1. The Kier molecular flexibility index (Phi) is 9.84. The highest BCUT2D eigenvalue weighted by molar-refractivity contribution is 6.33. The van der Waals surface area contributed by atoms with Crippen molar-refractivity contribution in [2.45, 2.75) is 61.3 Å². The number of fused-ring (bicyclic) bond motifs is 5. The molecule has 0 spiro atoms. The van der Waals surface area contributed by atoms with Gasteiger partial charge in [0.1, 0.15) is 6.29 Å². The average molecular weight is 781 g/mol. The summed E-state index contributed by atoms with van der Waals surface area (Å²) in [6.07, 6.45) is 15.1. The van der Waals surface area contributed by atoms with E-state index in [0.29, 0.717) is 0 Å². The molecule has 1 atom stereocenters. The Hall–Kier alpha value is -6.98. The summed E-state index contributed by atoms with van der Waals surface area (Å²) < 4.78 is 0. The summed E-state index contributed by atoms with van der Waals surface area (Å²) in [6.45, 7) is 17.4. The lowest BCUT2D eigenvalue weighted by molar-refractivity contribution is -0.104. The van der Waals surface area contributed by atoms with E-state index in [1.54, 1.807) is 6.08 Å². The molecule has 9 rings (SSSR count). The van der Waals surface area contributed by atoms with Gasteiger partial charge in [-0.3, -0.25) is 14.8 Å². The smallest absolute Gasteiger partial charge is 0.142 e. The SMILES string of the molecule is Cc1cccc(C)c1C1=C2C=CC(=N2)C(c2c(C)cccc2C)C2=NC(=C(c3c(C)cccc3C)c3ccc([nH]3)C(c3c(C)cccc3C)=C3C=CC1=N3)C(/C=C/C=O)=C2. The topological polar surface area (TPSA) is 69.9 Å². The minimum absolute atomic E-state index is 0.297. The van der Waals surface area contributed by atoms with E-state index in [4.69, 9.17) is 15.0 Å². The predicted molar refractivity (Wildman–Crippen MR) is 250 cm³/mol. The highest BCUT2D eigenvalue weighted by Gasteiger charge is 2.34. The second-order valence-electron chi connectivity index (χ2n) is 16.4. The van der Waals surface area contributed by atoms with E-state index in [2.05, 4.69) is 176 Å². The van der Waals surface area contributed by atoms with Crippen LogP contribution in [0.2, 0.25) is 0 Å². The van der Waals surface area contributed by atoms with Gasteiger partial charge in [-0.2, -0.15) is 0 Å². The van der Waals surface area contributed by atoms with Crippen LogP contribution in [-0.2, 0) is 4.79 Å². The van der Waals surface area contributed by atoms with Crippen molar-refractivity contribution in [1.29, 1.82) is 0 Å². The van der Waals surface area contributed by atoms with Crippen molar-refractivity contribution in [2.24, 2.45) is 15.0 Å². The number of nitrogens with zero attached hydrogens (tertiary/aromatic N) is 3. The van der Waals surface area contributed by atoms with Crippen LogP contribution in [-0.4, -0.2) is 28.4 Å². The summed E-state index contributed by atoms with van der Waals surface area (Å²) in [5.41, 5.74) is 24.7. The number of aryl methyl sites for hydroxylation is 8. The number of aliphatic imine (C=N–C) groups is 3. The van der Waals surface area contributed by atoms with E-state index < -0.39 is 0 Å². The summed E-state index contributed by atoms with van der Waals surface area (Å²) in [4.78, 5) is 32.8. The molecule has 0 amide bonds. The highest BCUT2D eigenvalue weighted by atomic mass is 16.1. The third-order valence-electron chi connectivity index (χ3n) is 12.3. The number of aromatic nitrogens is 1. The van der Waals surface area contributed by atoms with Crippen molar-refractivity contribution >= 4 is 40.1 Å². The molecule has 0 saturated carbocycles. The standard InChI is InChI=1S/C55H48N4O/c1-31-14-9-15-32(2)47(31)51-40-23-24-41(56-40)52(48-33(3)16-10-17-34(48)4)43-27-28-45(58-43)54(50-37(7)20-12-21-38(50)8)55-39(22-13-29-60)30-46(59-55)53(44-26-25-42(51)57-44)49-35(5)18-11-19-36(49)6/h9-30,53,58H,1-8H3/b22-13+,51-42?,52-41?,55-54?. The first-order valence-corrected chi connectivity index (χ1v) is 20.7. The minimum atomic E-state index is -0.297. The number of aromatic amines is 1. The maximum Gasteiger partial charge on any atom is 0.142 e. The van der Waals surface area contributed by atoms with Gasteiger partial charge < -0.3 is 4.98 Å². The average Bonchev–Trinajstić information content (AvgIpc) is 4.05. The Morgan fingerprint density at radius 1 is 0.500 bits per heavy atom. The molecule has 1 N–H and O–H groups in total. The molecule has 1 aromatic heterocycles. The lowest BCUT2D eigenvalue weighted by atomic mass is 9.83. The highest BCUT2D eigenvalue weighted by Crippen LogP contribution is 2.44. The van der Waals surface area contributed by atoms with Gasteiger partial charge in [-0.25, -0.2) is 4.99 Å². The Labute approximate surface area is 353 Å². The van der Waals surface area contributed by atoms with E-state index in [9.17, 15) is 4.79 Å². The fraction of sp³-hybridized carbons (Fsp3) is 0.164. The van der Waals surface area contributed by atoms with Crippen LogP contribution in [0.5, 0.6) is 0 Å². The molecule has 0 aliphatic carbocycles. The summed E-state index contributed by atoms with van der Waals surface area (Å²) in [6, 6.07) is 30.2. The molecule has 0 radical (unpaired) electrons. The lowest BCUT2D eigenvalue weighted by Crippen LogP contribution is -2.20. The van der Waals surface area contributed by atoms with Crippen LogP contribution in [0.15, 0.2) is 165 Å². The molecular weight excluding hydrogens is 733 g/mol. The zero-order chi connectivity index (χ0) is 41.8. The molecule has 4 aliphatic rings. The monoisotopic (exact) mass is 780 g/mol. The second-order valence-corrected chi connectivity index (χ2v) is 16.4. The van der Waals surface area contributed by atoms with Crippen LogP contribution in [0.1, 0.15) is 84.1 Å². The van der Waals surface area contributed by atoms with Crippen molar-refractivity contribution in [3.8, 4) is 0 Å². The van der Waals surface area contributed by atoms with E-state index in [0.717, 1.165) is 124 Å². The van der Waals surface area contributed by atoms with Gasteiger partial charge >= 0.3 is 0 Å². The Morgan fingerprint density at radius 2 is 0.983 bits per heavy atom. The van der Waals surface area contributed by atoms with Gasteiger partial charge in [0.2, 0.25) is 0 Å². The number of hydrogen-bond donors (Lipinski definition) is 1. The number of allylic oxidation sites excluding steroid dienone is 8. The molecule has 4 aliphatic heterocycles. The second kappa shape index (κ2) is 15.3. The fourth-order valence-electron chi connectivity index (χ4n) is 9.60. The molecule has 5 heterocycles. The lowest BCUT2D eigenvalue weighted by Gasteiger charge is -2.21. The maximum absolute atomic E-state index is 12.0. The van der Waals surface area contributed by atoms with Crippen molar-refractivity contribution in [3.63, 3.8) is 0 Å². The first-order valence-electron chi connectivity index (χ1n) is 20.7. The molecule has 0 saturated heterocycles. The van der Waals surface area contributed by atoms with Crippen molar-refractivity contribution in [3.05, 3.63) is 228 Å². The fourth-order valence-corrected chi connectivity index (χ4v) is 9.60. The third-order valence-corrected chi connectivity index (χ3v) is 12.3. The normalized spacial score (nSPS) is 17.2. The Morgan fingerprint density at radius 3 is 1.55 bits per heavy atom. The summed E-state index contributed by atoms with van der Waals surface area (Å²) in [5.74, 6) is -0.297. The van der Waals surface area contributed by atoms with Gasteiger partial charge in [-0.15, -0.1) is 0 Å². The molecule has 5 aromatic rings. The van der Waals surface area contributed by atoms with Gasteiger partial charge in [-0.1, -0.05) is 72.8 Å². The maximum atomic E-state index is 12.0. The number of H-pyrrole nitrogens is 1. The van der Waals surface area contributed by atoms with Crippen molar-refractivity contribution in [1.82, 2.24) is 4.98 Å². The van der Waals surface area contributed by atoms with Gasteiger partial charge in [0.05, 0.1) is 40.1 Å². The van der Waals surface area contributed by atoms with Crippen LogP contribution in [0, 0.1) is 55.4 Å². The van der Waals surface area contributed by atoms with Crippen LogP contribution in [0.3, 0.4) is 0 Å². The summed E-state index contributed by atoms with van der Waals surface area (Å²) >= 11 is 0. The molecule has 60 heavy (non-hydrogen) atoms. The van der Waals surface area contributed by atoms with E-state index in [1.807, 2.05) is 6.08 Å². The molecule has 5 heteroatoms. The number of carbonyl (C=O) groups excluding carboxylic acids is 1. The molecular formula is C55H48N4O. The number of hydrogen-bond acceptors (Lipinski definition) is 4.